The van der Waals surface area contributed by atoms with Crippen LogP contribution in [0.25, 0.3) is 0 Å². The van der Waals surface area contributed by atoms with Gasteiger partial charge in [-0.05, 0) is 69.9 Å². The Hall–Kier alpha value is -2.11. The second-order valence-corrected chi connectivity index (χ2v) is 9.23. The van der Waals surface area contributed by atoms with Crippen LogP contribution >= 0.6 is 0 Å². The monoisotopic (exact) mass is 383 g/mol. The number of nitrogens with one attached hydrogen (secondary N) is 1. The first kappa shape index (κ1) is 20.6. The van der Waals surface area contributed by atoms with Crippen molar-refractivity contribution in [2.45, 2.75) is 70.7 Å². The summed E-state index contributed by atoms with van der Waals surface area (Å²) in [6, 6.07) is 10.2. The summed E-state index contributed by atoms with van der Waals surface area (Å²) in [5, 5.41) is 13.7. The fraction of sp³-hybridized carbons (Fsp3) is 0.522. The van der Waals surface area contributed by atoms with E-state index < -0.39 is 0 Å². The Morgan fingerprint density at radius 1 is 1.11 bits per heavy atom. The molecule has 2 heterocycles. The summed E-state index contributed by atoms with van der Waals surface area (Å²) in [5.41, 5.74) is 2.49. The number of hydrogen-bond donors (Lipinski definition) is 2. The number of methoxy groups -OCH3 is 1. The van der Waals surface area contributed by atoms with E-state index >= 15 is 0 Å². The summed E-state index contributed by atoms with van der Waals surface area (Å²) in [4.78, 5) is 6.83. The summed E-state index contributed by atoms with van der Waals surface area (Å²) >= 11 is 0. The van der Waals surface area contributed by atoms with Crippen molar-refractivity contribution in [1.82, 2.24) is 15.2 Å². The standard InChI is InChI=1S/C23H33N3O2/c1-22(2)12-19(13-23(3,4)25-22)26(16-18-7-6-10-24-14-18)15-17-8-9-20(27)21(11-17)28-5/h6-11,14,19,25,27H,12-13,15-16H2,1-5H3. The van der Waals surface area contributed by atoms with Gasteiger partial charge in [-0.25, -0.2) is 0 Å². The van der Waals surface area contributed by atoms with E-state index in [-0.39, 0.29) is 16.8 Å². The average Bonchev–Trinajstić information content (AvgIpc) is 2.61. The highest BCUT2D eigenvalue weighted by Gasteiger charge is 2.39. The average molecular weight is 384 g/mol. The molecule has 0 spiro atoms. The van der Waals surface area contributed by atoms with Crippen molar-refractivity contribution in [3.05, 3.63) is 53.9 Å². The number of aromatic hydroxyl groups is 1. The van der Waals surface area contributed by atoms with Crippen molar-refractivity contribution in [3.63, 3.8) is 0 Å². The molecule has 28 heavy (non-hydrogen) atoms. The van der Waals surface area contributed by atoms with Crippen LogP contribution in [0.1, 0.15) is 51.7 Å². The highest BCUT2D eigenvalue weighted by Crippen LogP contribution is 2.34. The Bertz CT molecular complexity index is 774. The molecule has 1 aliphatic rings. The van der Waals surface area contributed by atoms with Crippen LogP contribution in [0.2, 0.25) is 0 Å². The number of hydrogen-bond acceptors (Lipinski definition) is 5. The SMILES string of the molecule is COc1cc(CN(Cc2cccnc2)C2CC(C)(C)NC(C)(C)C2)ccc1O. The molecule has 152 valence electrons. The molecule has 1 aliphatic heterocycles. The fourth-order valence-electron chi connectivity index (χ4n) is 4.62. The maximum atomic E-state index is 9.94. The third-order valence-electron chi connectivity index (χ3n) is 5.42. The van der Waals surface area contributed by atoms with Gasteiger partial charge in [0.2, 0.25) is 0 Å². The summed E-state index contributed by atoms with van der Waals surface area (Å²) in [5.74, 6) is 0.694. The number of pyridine rings is 1. The van der Waals surface area contributed by atoms with Gasteiger partial charge < -0.3 is 15.2 Å². The summed E-state index contributed by atoms with van der Waals surface area (Å²) in [7, 11) is 1.59. The molecule has 0 atom stereocenters. The predicted molar refractivity (Wildman–Crippen MR) is 112 cm³/mol. The van der Waals surface area contributed by atoms with Crippen LogP contribution in [-0.2, 0) is 13.1 Å². The lowest BCUT2D eigenvalue weighted by molar-refractivity contribution is 0.0562. The molecule has 5 nitrogen and oxygen atoms in total. The van der Waals surface area contributed by atoms with Gasteiger partial charge in [-0.2, -0.15) is 0 Å². The van der Waals surface area contributed by atoms with Crippen LogP contribution in [0.4, 0.5) is 0 Å². The zero-order chi connectivity index (χ0) is 20.4. The van der Waals surface area contributed by atoms with Crippen LogP contribution in [0.15, 0.2) is 42.7 Å². The zero-order valence-electron chi connectivity index (χ0n) is 17.7. The summed E-state index contributed by atoms with van der Waals surface area (Å²) in [6.07, 6.45) is 5.91. The van der Waals surface area contributed by atoms with E-state index in [4.69, 9.17) is 4.74 Å². The number of phenolic OH excluding ortho intramolecular Hbond substituents is 1. The van der Waals surface area contributed by atoms with E-state index in [1.54, 1.807) is 13.2 Å². The Balaban J connectivity index is 1.88. The van der Waals surface area contributed by atoms with Crippen molar-refractivity contribution in [2.75, 3.05) is 7.11 Å². The van der Waals surface area contributed by atoms with E-state index in [9.17, 15) is 5.11 Å². The summed E-state index contributed by atoms with van der Waals surface area (Å²) in [6.45, 7) is 10.8. The van der Waals surface area contributed by atoms with Crippen molar-refractivity contribution in [2.24, 2.45) is 0 Å². The topological polar surface area (TPSA) is 57.6 Å². The minimum atomic E-state index is 0.0756. The molecule has 0 radical (unpaired) electrons. The van der Waals surface area contributed by atoms with Crippen LogP contribution in [0, 0.1) is 0 Å². The molecule has 3 rings (SSSR count). The van der Waals surface area contributed by atoms with Gasteiger partial charge in [-0.1, -0.05) is 12.1 Å². The molecule has 1 aromatic heterocycles. The molecule has 2 N–H and O–H groups in total. The second kappa shape index (κ2) is 8.10. The first-order valence-corrected chi connectivity index (χ1v) is 9.96. The van der Waals surface area contributed by atoms with Gasteiger partial charge in [0.1, 0.15) is 0 Å². The van der Waals surface area contributed by atoms with E-state index in [0.717, 1.165) is 31.5 Å². The molecule has 0 amide bonds. The van der Waals surface area contributed by atoms with Crippen LogP contribution in [-0.4, -0.2) is 39.2 Å². The Labute approximate surface area is 168 Å². The molecular formula is C23H33N3O2. The maximum Gasteiger partial charge on any atom is 0.160 e. The number of phenols is 1. The zero-order valence-corrected chi connectivity index (χ0v) is 17.7. The number of rotatable bonds is 6. The van der Waals surface area contributed by atoms with E-state index in [1.807, 2.05) is 30.6 Å². The molecule has 0 unspecified atom stereocenters. The maximum absolute atomic E-state index is 9.94. The molecule has 5 heteroatoms. The van der Waals surface area contributed by atoms with Crippen LogP contribution in [0.3, 0.4) is 0 Å². The van der Waals surface area contributed by atoms with Gasteiger partial charge in [0, 0.05) is 42.6 Å². The molecule has 0 bridgehead atoms. The fourth-order valence-corrected chi connectivity index (χ4v) is 4.62. The van der Waals surface area contributed by atoms with E-state index in [1.165, 1.54) is 5.56 Å². The lowest BCUT2D eigenvalue weighted by Crippen LogP contribution is -2.62. The Morgan fingerprint density at radius 2 is 1.79 bits per heavy atom. The molecule has 1 aromatic carbocycles. The summed E-state index contributed by atoms with van der Waals surface area (Å²) < 4.78 is 5.31. The first-order chi connectivity index (χ1) is 13.2. The van der Waals surface area contributed by atoms with Crippen molar-refractivity contribution in [3.8, 4) is 11.5 Å². The van der Waals surface area contributed by atoms with Gasteiger partial charge in [0.25, 0.3) is 0 Å². The number of aromatic nitrogens is 1. The van der Waals surface area contributed by atoms with Gasteiger partial charge >= 0.3 is 0 Å². The number of piperidine rings is 1. The third kappa shape index (κ3) is 5.24. The molecule has 0 saturated carbocycles. The molecule has 1 fully saturated rings. The number of ether oxygens (including phenoxy) is 1. The minimum absolute atomic E-state index is 0.0756. The molecular weight excluding hydrogens is 350 g/mol. The second-order valence-electron chi connectivity index (χ2n) is 9.23. The lowest BCUT2D eigenvalue weighted by atomic mass is 9.79. The highest BCUT2D eigenvalue weighted by molar-refractivity contribution is 5.41. The highest BCUT2D eigenvalue weighted by atomic mass is 16.5. The predicted octanol–water partition coefficient (Wildman–Crippen LogP) is 4.11. The largest absolute Gasteiger partial charge is 0.504 e. The molecule has 0 aliphatic carbocycles. The normalized spacial score (nSPS) is 18.9. The smallest absolute Gasteiger partial charge is 0.160 e. The quantitative estimate of drug-likeness (QED) is 0.786. The van der Waals surface area contributed by atoms with Crippen molar-refractivity contribution >= 4 is 0 Å². The first-order valence-electron chi connectivity index (χ1n) is 9.96. The molecule has 2 aromatic rings. The van der Waals surface area contributed by atoms with Crippen molar-refractivity contribution < 1.29 is 9.84 Å². The van der Waals surface area contributed by atoms with Crippen molar-refractivity contribution in [1.29, 1.82) is 0 Å². The van der Waals surface area contributed by atoms with E-state index in [2.05, 4.69) is 49.0 Å². The number of nitrogens with zero attached hydrogens (tertiary/aromatic N) is 2. The van der Waals surface area contributed by atoms with Gasteiger partial charge in [0.15, 0.2) is 11.5 Å². The van der Waals surface area contributed by atoms with Crippen LogP contribution in [0.5, 0.6) is 11.5 Å². The minimum Gasteiger partial charge on any atom is -0.504 e. The van der Waals surface area contributed by atoms with E-state index in [0.29, 0.717) is 11.8 Å². The Kier molecular flexibility index (Phi) is 5.96. The number of benzene rings is 1. The van der Waals surface area contributed by atoms with Gasteiger partial charge in [-0.15, -0.1) is 0 Å². The lowest BCUT2D eigenvalue weighted by Gasteiger charge is -2.49. The molecule has 1 saturated heterocycles. The van der Waals surface area contributed by atoms with Crippen LogP contribution < -0.4 is 10.1 Å². The van der Waals surface area contributed by atoms with Gasteiger partial charge in [-0.3, -0.25) is 9.88 Å². The van der Waals surface area contributed by atoms with Gasteiger partial charge in [0.05, 0.1) is 7.11 Å². The Morgan fingerprint density at radius 3 is 2.39 bits per heavy atom. The third-order valence-corrected chi connectivity index (χ3v) is 5.42.